The van der Waals surface area contributed by atoms with E-state index in [2.05, 4.69) is 5.32 Å². The number of hydrogen-bond donors (Lipinski definition) is 2. The number of amides is 1. The molecule has 0 aliphatic carbocycles. The SMILES string of the molecule is CC(C)CC(=O)CNC(=O)OCc1ccc(CCCCN)cc1. The van der Waals surface area contributed by atoms with Gasteiger partial charge in [-0.15, -0.1) is 0 Å². The molecule has 0 radical (unpaired) electrons. The number of Topliss-reactive ketones (excluding diaryl/α,β-unsaturated/α-hetero) is 1. The molecule has 0 aliphatic rings. The first-order valence-corrected chi connectivity index (χ1v) is 8.21. The van der Waals surface area contributed by atoms with Gasteiger partial charge < -0.3 is 15.8 Å². The molecule has 0 fully saturated rings. The second-order valence-electron chi connectivity index (χ2n) is 6.13. The summed E-state index contributed by atoms with van der Waals surface area (Å²) in [5, 5.41) is 2.48. The van der Waals surface area contributed by atoms with Crippen molar-refractivity contribution in [2.24, 2.45) is 11.7 Å². The molecule has 0 heterocycles. The highest BCUT2D eigenvalue weighted by Gasteiger charge is 2.08. The maximum Gasteiger partial charge on any atom is 0.407 e. The maximum absolute atomic E-state index is 11.6. The van der Waals surface area contributed by atoms with Gasteiger partial charge in [0.25, 0.3) is 0 Å². The van der Waals surface area contributed by atoms with E-state index in [9.17, 15) is 9.59 Å². The topological polar surface area (TPSA) is 81.4 Å². The van der Waals surface area contributed by atoms with E-state index in [-0.39, 0.29) is 18.9 Å². The standard InChI is InChI=1S/C18H28N2O3/c1-14(2)11-17(21)12-20-18(22)23-13-16-8-6-15(7-9-16)5-3-4-10-19/h6-9,14H,3-5,10-13,19H2,1-2H3,(H,20,22). The van der Waals surface area contributed by atoms with Crippen LogP contribution < -0.4 is 11.1 Å². The fraction of sp³-hybridized carbons (Fsp3) is 0.556. The molecule has 128 valence electrons. The minimum atomic E-state index is -0.561. The smallest absolute Gasteiger partial charge is 0.407 e. The Kier molecular flexibility index (Phi) is 8.98. The number of alkyl carbamates (subject to hydrolysis) is 1. The van der Waals surface area contributed by atoms with Crippen LogP contribution in [0, 0.1) is 5.92 Å². The lowest BCUT2D eigenvalue weighted by molar-refractivity contribution is -0.118. The van der Waals surface area contributed by atoms with Gasteiger partial charge in [0.1, 0.15) is 6.61 Å². The normalized spacial score (nSPS) is 10.6. The first-order valence-electron chi connectivity index (χ1n) is 8.21. The molecular weight excluding hydrogens is 292 g/mol. The molecule has 0 aromatic heterocycles. The molecule has 0 aliphatic heterocycles. The zero-order valence-corrected chi connectivity index (χ0v) is 14.1. The van der Waals surface area contributed by atoms with Crippen molar-refractivity contribution in [3.63, 3.8) is 0 Å². The summed E-state index contributed by atoms with van der Waals surface area (Å²) in [7, 11) is 0. The van der Waals surface area contributed by atoms with Crippen LogP contribution in [0.5, 0.6) is 0 Å². The van der Waals surface area contributed by atoms with E-state index in [1.54, 1.807) is 0 Å². The molecule has 0 bridgehead atoms. The summed E-state index contributed by atoms with van der Waals surface area (Å²) in [5.41, 5.74) is 7.66. The number of carbonyl (C=O) groups excluding carboxylic acids is 2. The third kappa shape index (κ3) is 8.98. The molecule has 0 spiro atoms. The van der Waals surface area contributed by atoms with E-state index in [1.807, 2.05) is 38.1 Å². The summed E-state index contributed by atoms with van der Waals surface area (Å²) < 4.78 is 5.10. The van der Waals surface area contributed by atoms with Crippen molar-refractivity contribution in [1.82, 2.24) is 5.32 Å². The molecule has 0 unspecified atom stereocenters. The molecule has 23 heavy (non-hydrogen) atoms. The number of nitrogens with two attached hydrogens (primary N) is 1. The number of aryl methyl sites for hydroxylation is 1. The van der Waals surface area contributed by atoms with E-state index in [4.69, 9.17) is 10.5 Å². The van der Waals surface area contributed by atoms with Gasteiger partial charge in [0.2, 0.25) is 0 Å². The van der Waals surface area contributed by atoms with Crippen LogP contribution in [-0.2, 0) is 22.6 Å². The van der Waals surface area contributed by atoms with Gasteiger partial charge in [-0.25, -0.2) is 4.79 Å². The summed E-state index contributed by atoms with van der Waals surface area (Å²) in [4.78, 5) is 23.1. The van der Waals surface area contributed by atoms with E-state index < -0.39 is 6.09 Å². The van der Waals surface area contributed by atoms with Crippen molar-refractivity contribution in [2.75, 3.05) is 13.1 Å². The molecule has 5 heteroatoms. The molecule has 1 aromatic rings. The van der Waals surface area contributed by atoms with Gasteiger partial charge >= 0.3 is 6.09 Å². The summed E-state index contributed by atoms with van der Waals surface area (Å²) in [5.74, 6) is 0.308. The minimum absolute atomic E-state index is 0.0128. The third-order valence-corrected chi connectivity index (χ3v) is 3.38. The zero-order chi connectivity index (χ0) is 17.1. The van der Waals surface area contributed by atoms with E-state index >= 15 is 0 Å². The lowest BCUT2D eigenvalue weighted by Gasteiger charge is -2.08. The minimum Gasteiger partial charge on any atom is -0.445 e. The summed E-state index contributed by atoms with van der Waals surface area (Å²) in [6.45, 7) is 4.89. The number of ether oxygens (including phenoxy) is 1. The molecule has 1 amide bonds. The van der Waals surface area contributed by atoms with Gasteiger partial charge in [0.05, 0.1) is 6.54 Å². The molecule has 0 saturated carbocycles. The number of hydrogen-bond acceptors (Lipinski definition) is 4. The summed E-state index contributed by atoms with van der Waals surface area (Å²) >= 11 is 0. The molecule has 5 nitrogen and oxygen atoms in total. The van der Waals surface area contributed by atoms with Crippen molar-refractivity contribution in [1.29, 1.82) is 0 Å². The van der Waals surface area contributed by atoms with Crippen LogP contribution in [-0.4, -0.2) is 25.0 Å². The quantitative estimate of drug-likeness (QED) is 0.650. The fourth-order valence-electron chi connectivity index (χ4n) is 2.17. The number of nitrogens with one attached hydrogen (secondary N) is 1. The largest absolute Gasteiger partial charge is 0.445 e. The number of unbranched alkanes of at least 4 members (excludes halogenated alkanes) is 1. The monoisotopic (exact) mass is 320 g/mol. The highest BCUT2D eigenvalue weighted by atomic mass is 16.5. The Morgan fingerprint density at radius 2 is 1.78 bits per heavy atom. The van der Waals surface area contributed by atoms with Crippen LogP contribution in [0.25, 0.3) is 0 Å². The average molecular weight is 320 g/mol. The first-order chi connectivity index (χ1) is 11.0. The maximum atomic E-state index is 11.6. The Balaban J connectivity index is 2.26. The van der Waals surface area contributed by atoms with Crippen molar-refractivity contribution < 1.29 is 14.3 Å². The van der Waals surface area contributed by atoms with Crippen LogP contribution in [0.1, 0.15) is 44.2 Å². The lowest BCUT2D eigenvalue weighted by atomic mass is 10.1. The first kappa shape index (κ1) is 19.2. The van der Waals surface area contributed by atoms with Crippen LogP contribution in [0.2, 0.25) is 0 Å². The van der Waals surface area contributed by atoms with Gasteiger partial charge in [-0.2, -0.15) is 0 Å². The number of ketones is 1. The third-order valence-electron chi connectivity index (χ3n) is 3.38. The van der Waals surface area contributed by atoms with Crippen LogP contribution in [0.3, 0.4) is 0 Å². The van der Waals surface area contributed by atoms with Crippen molar-refractivity contribution in [3.8, 4) is 0 Å². The molecule has 0 saturated heterocycles. The second-order valence-corrected chi connectivity index (χ2v) is 6.13. The Morgan fingerprint density at radius 3 is 2.39 bits per heavy atom. The zero-order valence-electron chi connectivity index (χ0n) is 14.1. The molecular formula is C18H28N2O3. The highest BCUT2D eigenvalue weighted by molar-refractivity contribution is 5.84. The van der Waals surface area contributed by atoms with Crippen LogP contribution in [0.4, 0.5) is 4.79 Å². The Morgan fingerprint density at radius 1 is 1.13 bits per heavy atom. The molecule has 0 atom stereocenters. The predicted molar refractivity (Wildman–Crippen MR) is 91.1 cm³/mol. The molecule has 1 rings (SSSR count). The Hall–Kier alpha value is -1.88. The fourth-order valence-corrected chi connectivity index (χ4v) is 2.17. The van der Waals surface area contributed by atoms with Gasteiger partial charge in [0.15, 0.2) is 5.78 Å². The number of benzene rings is 1. The summed E-state index contributed by atoms with van der Waals surface area (Å²) in [6, 6.07) is 7.99. The van der Waals surface area contributed by atoms with Gasteiger partial charge in [-0.05, 0) is 42.9 Å². The van der Waals surface area contributed by atoms with Gasteiger partial charge in [-0.1, -0.05) is 38.1 Å². The Labute approximate surface area is 138 Å². The number of carbonyl (C=O) groups is 2. The van der Waals surface area contributed by atoms with Crippen LogP contribution >= 0.6 is 0 Å². The number of rotatable bonds is 10. The van der Waals surface area contributed by atoms with Gasteiger partial charge in [-0.3, -0.25) is 4.79 Å². The highest BCUT2D eigenvalue weighted by Crippen LogP contribution is 2.09. The van der Waals surface area contributed by atoms with E-state index in [0.717, 1.165) is 31.4 Å². The second kappa shape index (κ2) is 10.8. The van der Waals surface area contributed by atoms with Gasteiger partial charge in [0, 0.05) is 6.42 Å². The molecule has 1 aromatic carbocycles. The van der Waals surface area contributed by atoms with Crippen LogP contribution in [0.15, 0.2) is 24.3 Å². The van der Waals surface area contributed by atoms with E-state index in [1.165, 1.54) is 5.56 Å². The van der Waals surface area contributed by atoms with Crippen molar-refractivity contribution >= 4 is 11.9 Å². The lowest BCUT2D eigenvalue weighted by Crippen LogP contribution is -2.30. The average Bonchev–Trinajstić information content (AvgIpc) is 2.52. The molecule has 3 N–H and O–H groups in total. The Bertz CT molecular complexity index is 484. The van der Waals surface area contributed by atoms with Crippen molar-refractivity contribution in [3.05, 3.63) is 35.4 Å². The summed E-state index contributed by atoms with van der Waals surface area (Å²) in [6.07, 6.45) is 3.02. The predicted octanol–water partition coefficient (Wildman–Crippen LogP) is 2.81. The van der Waals surface area contributed by atoms with E-state index in [0.29, 0.717) is 12.3 Å². The van der Waals surface area contributed by atoms with Crippen molar-refractivity contribution in [2.45, 2.75) is 46.1 Å².